The molecule has 0 spiro atoms. The number of hydrogen-bond acceptors (Lipinski definition) is 2. The van der Waals surface area contributed by atoms with E-state index in [2.05, 4.69) is 15.1 Å². The van der Waals surface area contributed by atoms with Gasteiger partial charge in [0.05, 0.1) is 6.21 Å². The molecule has 0 aliphatic rings. The van der Waals surface area contributed by atoms with Crippen LogP contribution in [0.1, 0.15) is 21.6 Å². The summed E-state index contributed by atoms with van der Waals surface area (Å²) < 4.78 is 14.9. The van der Waals surface area contributed by atoms with Crippen LogP contribution in [-0.2, 0) is 7.05 Å². The van der Waals surface area contributed by atoms with E-state index in [0.29, 0.717) is 5.56 Å². The van der Waals surface area contributed by atoms with Crippen molar-refractivity contribution in [3.05, 3.63) is 71.2 Å². The number of carbonyl (C=O) groups is 1. The minimum absolute atomic E-state index is 0.359. The summed E-state index contributed by atoms with van der Waals surface area (Å²) in [6, 6.07) is 13.3. The molecule has 0 saturated heterocycles. The monoisotopic (exact) mass is 309 g/mol. The third-order valence-corrected chi connectivity index (χ3v) is 3.91. The third kappa shape index (κ3) is 2.85. The van der Waals surface area contributed by atoms with Gasteiger partial charge in [0.15, 0.2) is 0 Å². The molecule has 0 fully saturated rings. The van der Waals surface area contributed by atoms with Gasteiger partial charge in [0.25, 0.3) is 5.91 Å². The zero-order valence-corrected chi connectivity index (χ0v) is 12.9. The lowest BCUT2D eigenvalue weighted by Gasteiger charge is -2.00. The highest BCUT2D eigenvalue weighted by Crippen LogP contribution is 2.22. The van der Waals surface area contributed by atoms with E-state index in [1.165, 1.54) is 24.3 Å². The van der Waals surface area contributed by atoms with Crippen LogP contribution >= 0.6 is 0 Å². The number of fused-ring (bicyclic) bond motifs is 1. The summed E-state index contributed by atoms with van der Waals surface area (Å²) in [6.45, 7) is 2.00. The van der Waals surface area contributed by atoms with Gasteiger partial charge in [0, 0.05) is 34.8 Å². The summed E-state index contributed by atoms with van der Waals surface area (Å²) in [5.41, 5.74) is 5.96. The van der Waals surface area contributed by atoms with Crippen LogP contribution in [0.15, 0.2) is 53.6 Å². The first-order valence-electron chi connectivity index (χ1n) is 7.21. The highest BCUT2D eigenvalue weighted by atomic mass is 19.1. The van der Waals surface area contributed by atoms with Gasteiger partial charge in [-0.15, -0.1) is 0 Å². The molecule has 0 aliphatic carbocycles. The normalized spacial score (nSPS) is 11.3. The van der Waals surface area contributed by atoms with Gasteiger partial charge in [-0.2, -0.15) is 5.10 Å². The van der Waals surface area contributed by atoms with Crippen molar-refractivity contribution in [3.63, 3.8) is 0 Å². The molecule has 116 valence electrons. The fraction of sp³-hybridized carbons (Fsp3) is 0.111. The largest absolute Gasteiger partial charge is 0.347 e. The molecule has 0 radical (unpaired) electrons. The van der Waals surface area contributed by atoms with Crippen LogP contribution in [0.25, 0.3) is 10.9 Å². The average molecular weight is 309 g/mol. The summed E-state index contributed by atoms with van der Waals surface area (Å²) in [6.07, 6.45) is 1.64. The molecule has 1 amide bonds. The average Bonchev–Trinajstić information content (AvgIpc) is 2.81. The summed E-state index contributed by atoms with van der Waals surface area (Å²) in [5.74, 6) is -0.754. The molecular formula is C18H16FN3O. The summed E-state index contributed by atoms with van der Waals surface area (Å²) in [4.78, 5) is 11.9. The predicted octanol–water partition coefficient (Wildman–Crippen LogP) is 3.39. The number of nitrogens with one attached hydrogen (secondary N) is 1. The maximum atomic E-state index is 12.9. The molecule has 4 nitrogen and oxygen atoms in total. The van der Waals surface area contributed by atoms with Crippen molar-refractivity contribution < 1.29 is 9.18 Å². The number of para-hydroxylation sites is 1. The van der Waals surface area contributed by atoms with Crippen molar-refractivity contribution in [3.8, 4) is 0 Å². The molecule has 0 saturated carbocycles. The van der Waals surface area contributed by atoms with E-state index in [0.717, 1.165) is 22.2 Å². The SMILES string of the molecule is Cc1c(/C=N/NC(=O)c2ccc(F)cc2)c2ccccc2n1C. The van der Waals surface area contributed by atoms with Crippen molar-refractivity contribution in [1.82, 2.24) is 9.99 Å². The number of rotatable bonds is 3. The number of aryl methyl sites for hydroxylation is 1. The van der Waals surface area contributed by atoms with Gasteiger partial charge in [-0.1, -0.05) is 18.2 Å². The maximum absolute atomic E-state index is 12.9. The van der Waals surface area contributed by atoms with E-state index in [-0.39, 0.29) is 11.7 Å². The molecule has 3 aromatic rings. The second-order valence-electron chi connectivity index (χ2n) is 5.28. The number of amides is 1. The van der Waals surface area contributed by atoms with Gasteiger partial charge in [0.1, 0.15) is 5.82 Å². The molecule has 23 heavy (non-hydrogen) atoms. The van der Waals surface area contributed by atoms with Gasteiger partial charge >= 0.3 is 0 Å². The lowest BCUT2D eigenvalue weighted by atomic mass is 10.1. The molecule has 2 aromatic carbocycles. The van der Waals surface area contributed by atoms with Crippen molar-refractivity contribution in [2.45, 2.75) is 6.92 Å². The van der Waals surface area contributed by atoms with Crippen LogP contribution in [0, 0.1) is 12.7 Å². The number of carbonyl (C=O) groups excluding carboxylic acids is 1. The number of aromatic nitrogens is 1. The molecule has 3 rings (SSSR count). The van der Waals surface area contributed by atoms with E-state index >= 15 is 0 Å². The summed E-state index contributed by atoms with van der Waals surface area (Å²) in [5, 5.41) is 5.11. The molecule has 1 heterocycles. The Bertz CT molecular complexity index is 895. The number of benzene rings is 2. The molecule has 0 bridgehead atoms. The molecule has 1 aromatic heterocycles. The minimum atomic E-state index is -0.378. The lowest BCUT2D eigenvalue weighted by Crippen LogP contribution is -2.17. The standard InChI is InChI=1S/C18H16FN3O/c1-12-16(15-5-3-4-6-17(15)22(12)2)11-20-21-18(23)13-7-9-14(19)10-8-13/h3-11H,1-2H3,(H,21,23)/b20-11+. The lowest BCUT2D eigenvalue weighted by molar-refractivity contribution is 0.0955. The van der Waals surface area contributed by atoms with Crippen LogP contribution in [0.2, 0.25) is 0 Å². The Labute approximate surface area is 133 Å². The van der Waals surface area contributed by atoms with Crippen molar-refractivity contribution in [1.29, 1.82) is 0 Å². The van der Waals surface area contributed by atoms with E-state index in [4.69, 9.17) is 0 Å². The van der Waals surface area contributed by atoms with Crippen LogP contribution in [0.3, 0.4) is 0 Å². The molecule has 0 atom stereocenters. The van der Waals surface area contributed by atoms with Crippen molar-refractivity contribution in [2.75, 3.05) is 0 Å². The Morgan fingerprint density at radius 2 is 1.87 bits per heavy atom. The Morgan fingerprint density at radius 3 is 2.61 bits per heavy atom. The van der Waals surface area contributed by atoms with Crippen LogP contribution in [-0.4, -0.2) is 16.7 Å². The number of hydrogen-bond donors (Lipinski definition) is 1. The smallest absolute Gasteiger partial charge is 0.271 e. The van der Waals surface area contributed by atoms with Crippen molar-refractivity contribution >= 4 is 23.0 Å². The first-order chi connectivity index (χ1) is 11.1. The zero-order valence-electron chi connectivity index (χ0n) is 12.9. The molecule has 5 heteroatoms. The Morgan fingerprint density at radius 1 is 1.17 bits per heavy atom. The summed E-state index contributed by atoms with van der Waals surface area (Å²) in [7, 11) is 1.99. The van der Waals surface area contributed by atoms with Crippen LogP contribution in [0.4, 0.5) is 4.39 Å². The number of hydrazone groups is 1. The molecule has 0 unspecified atom stereocenters. The highest BCUT2D eigenvalue weighted by Gasteiger charge is 2.09. The number of halogens is 1. The Balaban J connectivity index is 1.82. The third-order valence-electron chi connectivity index (χ3n) is 3.91. The van der Waals surface area contributed by atoms with Crippen LogP contribution in [0.5, 0.6) is 0 Å². The summed E-state index contributed by atoms with van der Waals surface area (Å²) >= 11 is 0. The number of nitrogens with zero attached hydrogens (tertiary/aromatic N) is 2. The topological polar surface area (TPSA) is 46.4 Å². The van der Waals surface area contributed by atoms with Crippen LogP contribution < -0.4 is 5.43 Å². The van der Waals surface area contributed by atoms with E-state index in [1.807, 2.05) is 38.2 Å². The second-order valence-corrected chi connectivity index (χ2v) is 5.28. The fourth-order valence-corrected chi connectivity index (χ4v) is 2.53. The van der Waals surface area contributed by atoms with Gasteiger partial charge in [-0.25, -0.2) is 9.82 Å². The van der Waals surface area contributed by atoms with E-state index in [1.54, 1.807) is 6.21 Å². The Kier molecular flexibility index (Phi) is 3.93. The van der Waals surface area contributed by atoms with Crippen molar-refractivity contribution in [2.24, 2.45) is 12.1 Å². The molecular weight excluding hydrogens is 293 g/mol. The predicted molar refractivity (Wildman–Crippen MR) is 89.1 cm³/mol. The first-order valence-corrected chi connectivity index (χ1v) is 7.21. The molecule has 0 aliphatic heterocycles. The highest BCUT2D eigenvalue weighted by molar-refractivity contribution is 6.02. The Hall–Kier alpha value is -2.95. The van der Waals surface area contributed by atoms with E-state index < -0.39 is 0 Å². The molecule has 1 N–H and O–H groups in total. The van der Waals surface area contributed by atoms with Gasteiger partial charge < -0.3 is 4.57 Å². The fourth-order valence-electron chi connectivity index (χ4n) is 2.53. The first kappa shape index (κ1) is 15.0. The zero-order chi connectivity index (χ0) is 16.4. The second kappa shape index (κ2) is 6.04. The quantitative estimate of drug-likeness (QED) is 0.585. The van der Waals surface area contributed by atoms with E-state index in [9.17, 15) is 9.18 Å². The maximum Gasteiger partial charge on any atom is 0.271 e. The van der Waals surface area contributed by atoms with Gasteiger partial charge in [-0.05, 0) is 37.3 Å². The minimum Gasteiger partial charge on any atom is -0.347 e. The van der Waals surface area contributed by atoms with Gasteiger partial charge in [0.2, 0.25) is 0 Å². The van der Waals surface area contributed by atoms with Gasteiger partial charge in [-0.3, -0.25) is 4.79 Å².